The van der Waals surface area contributed by atoms with Crippen LogP contribution in [0, 0.1) is 0 Å². The second-order valence-corrected chi connectivity index (χ2v) is 4.56. The summed E-state index contributed by atoms with van der Waals surface area (Å²) in [7, 11) is 1.91. The number of carboxylic acid groups (broad SMARTS) is 1. The third kappa shape index (κ3) is 2.00. The van der Waals surface area contributed by atoms with Crippen LogP contribution in [-0.4, -0.2) is 24.2 Å². The van der Waals surface area contributed by atoms with Crippen molar-refractivity contribution in [3.8, 4) is 0 Å². The third-order valence-electron chi connectivity index (χ3n) is 3.13. The maximum absolute atomic E-state index is 10.8. The molecule has 0 amide bonds. The first-order chi connectivity index (χ1) is 7.59. The standard InChI is InChI=1S/C12H14ClNO2/c1-14-9(7-11(15)16)6-5-8-3-2-4-10(13)12(8)14/h2-4,9H,5-7H2,1H3,(H,15,16). The zero-order valence-electron chi connectivity index (χ0n) is 9.11. The highest BCUT2D eigenvalue weighted by Gasteiger charge is 2.26. The van der Waals surface area contributed by atoms with E-state index in [0.29, 0.717) is 5.02 Å². The Morgan fingerprint density at radius 3 is 3.06 bits per heavy atom. The van der Waals surface area contributed by atoms with Crippen LogP contribution in [0.5, 0.6) is 0 Å². The van der Waals surface area contributed by atoms with Crippen molar-refractivity contribution in [2.24, 2.45) is 0 Å². The molecule has 1 aliphatic rings. The predicted molar refractivity (Wildman–Crippen MR) is 64.2 cm³/mol. The van der Waals surface area contributed by atoms with Gasteiger partial charge in [0.1, 0.15) is 0 Å². The Morgan fingerprint density at radius 2 is 2.38 bits per heavy atom. The lowest BCUT2D eigenvalue weighted by molar-refractivity contribution is -0.137. The Hall–Kier alpha value is -1.22. The number of fused-ring (bicyclic) bond motifs is 1. The molecule has 1 atom stereocenters. The topological polar surface area (TPSA) is 40.5 Å². The first-order valence-electron chi connectivity index (χ1n) is 5.31. The number of aryl methyl sites for hydroxylation is 1. The lowest BCUT2D eigenvalue weighted by Gasteiger charge is -2.35. The zero-order valence-corrected chi connectivity index (χ0v) is 9.87. The predicted octanol–water partition coefficient (Wildman–Crippen LogP) is 2.57. The van der Waals surface area contributed by atoms with Gasteiger partial charge in [-0.3, -0.25) is 4.79 Å². The summed E-state index contributed by atoms with van der Waals surface area (Å²) in [6.45, 7) is 0. The van der Waals surface area contributed by atoms with Gasteiger partial charge in [0.05, 0.1) is 17.1 Å². The van der Waals surface area contributed by atoms with Gasteiger partial charge in [-0.2, -0.15) is 0 Å². The fourth-order valence-corrected chi connectivity index (χ4v) is 2.62. The fourth-order valence-electron chi connectivity index (χ4n) is 2.30. The molecule has 0 spiro atoms. The van der Waals surface area contributed by atoms with Crippen molar-refractivity contribution >= 4 is 23.3 Å². The van der Waals surface area contributed by atoms with Crippen molar-refractivity contribution < 1.29 is 9.90 Å². The monoisotopic (exact) mass is 239 g/mol. The molecular weight excluding hydrogens is 226 g/mol. The summed E-state index contributed by atoms with van der Waals surface area (Å²) in [6, 6.07) is 5.88. The van der Waals surface area contributed by atoms with Crippen LogP contribution in [0.4, 0.5) is 5.69 Å². The quantitative estimate of drug-likeness (QED) is 0.862. The van der Waals surface area contributed by atoms with Gasteiger partial charge < -0.3 is 10.0 Å². The Kier molecular flexibility index (Phi) is 3.06. The van der Waals surface area contributed by atoms with Crippen LogP contribution < -0.4 is 4.90 Å². The number of benzene rings is 1. The highest BCUT2D eigenvalue weighted by molar-refractivity contribution is 6.33. The molecule has 0 aliphatic carbocycles. The molecule has 86 valence electrons. The highest BCUT2D eigenvalue weighted by atomic mass is 35.5. The molecule has 1 N–H and O–H groups in total. The first kappa shape index (κ1) is 11.3. The molecule has 3 nitrogen and oxygen atoms in total. The van der Waals surface area contributed by atoms with Crippen LogP contribution in [0.25, 0.3) is 0 Å². The van der Waals surface area contributed by atoms with Gasteiger partial charge in [-0.15, -0.1) is 0 Å². The summed E-state index contributed by atoms with van der Waals surface area (Å²) in [4.78, 5) is 12.7. The molecule has 0 saturated carbocycles. The number of hydrogen-bond acceptors (Lipinski definition) is 2. The molecule has 0 fully saturated rings. The van der Waals surface area contributed by atoms with Crippen LogP contribution in [-0.2, 0) is 11.2 Å². The van der Waals surface area contributed by atoms with Gasteiger partial charge in [-0.05, 0) is 24.5 Å². The van der Waals surface area contributed by atoms with Gasteiger partial charge in [-0.25, -0.2) is 0 Å². The van der Waals surface area contributed by atoms with E-state index in [-0.39, 0.29) is 12.5 Å². The molecular formula is C12H14ClNO2. The van der Waals surface area contributed by atoms with Crippen LogP contribution in [0.1, 0.15) is 18.4 Å². The van der Waals surface area contributed by atoms with Crippen molar-refractivity contribution in [2.75, 3.05) is 11.9 Å². The normalized spacial score (nSPS) is 19.4. The van der Waals surface area contributed by atoms with E-state index < -0.39 is 5.97 Å². The Morgan fingerprint density at radius 1 is 1.62 bits per heavy atom. The van der Waals surface area contributed by atoms with Gasteiger partial charge in [0, 0.05) is 13.1 Å². The average molecular weight is 240 g/mol. The first-order valence-corrected chi connectivity index (χ1v) is 5.69. The smallest absolute Gasteiger partial charge is 0.305 e. The minimum Gasteiger partial charge on any atom is -0.481 e. The summed E-state index contributed by atoms with van der Waals surface area (Å²) in [5.41, 5.74) is 2.19. The lowest BCUT2D eigenvalue weighted by atomic mass is 9.94. The van der Waals surface area contributed by atoms with Crippen molar-refractivity contribution in [1.29, 1.82) is 0 Å². The van der Waals surface area contributed by atoms with Gasteiger partial charge in [0.2, 0.25) is 0 Å². The molecule has 1 heterocycles. The fraction of sp³-hybridized carbons (Fsp3) is 0.417. The molecule has 0 radical (unpaired) electrons. The molecule has 0 aromatic heterocycles. The SMILES string of the molecule is CN1c2c(Cl)cccc2CCC1CC(=O)O. The summed E-state index contributed by atoms with van der Waals surface area (Å²) >= 11 is 6.15. The molecule has 16 heavy (non-hydrogen) atoms. The van der Waals surface area contributed by atoms with Crippen LogP contribution in [0.3, 0.4) is 0 Å². The maximum Gasteiger partial charge on any atom is 0.305 e. The summed E-state index contributed by atoms with van der Waals surface area (Å²) in [5, 5.41) is 9.54. The van der Waals surface area contributed by atoms with E-state index in [4.69, 9.17) is 16.7 Å². The number of nitrogens with zero attached hydrogens (tertiary/aromatic N) is 1. The number of carboxylic acids is 1. The number of hydrogen-bond donors (Lipinski definition) is 1. The zero-order chi connectivity index (χ0) is 11.7. The van der Waals surface area contributed by atoms with Crippen LogP contribution in [0.15, 0.2) is 18.2 Å². The maximum atomic E-state index is 10.8. The Labute approximate surface area is 99.6 Å². The van der Waals surface area contributed by atoms with Gasteiger partial charge in [-0.1, -0.05) is 23.7 Å². The second kappa shape index (κ2) is 4.34. The molecule has 1 aliphatic heterocycles. The second-order valence-electron chi connectivity index (χ2n) is 4.15. The summed E-state index contributed by atoms with van der Waals surface area (Å²) < 4.78 is 0. The Bertz CT molecular complexity index is 419. The average Bonchev–Trinajstić information content (AvgIpc) is 2.22. The molecule has 1 aromatic carbocycles. The number of carbonyl (C=O) groups is 1. The Balaban J connectivity index is 2.30. The minimum atomic E-state index is -0.757. The van der Waals surface area contributed by atoms with E-state index in [1.807, 2.05) is 24.1 Å². The number of rotatable bonds is 2. The third-order valence-corrected chi connectivity index (χ3v) is 3.43. The summed E-state index contributed by atoms with van der Waals surface area (Å²) in [6.07, 6.45) is 1.94. The number of anilines is 1. The van der Waals surface area contributed by atoms with Crippen molar-refractivity contribution in [1.82, 2.24) is 0 Å². The minimum absolute atomic E-state index is 0.0462. The van der Waals surface area contributed by atoms with Crippen LogP contribution >= 0.6 is 11.6 Å². The van der Waals surface area contributed by atoms with Crippen LogP contribution in [0.2, 0.25) is 5.02 Å². The number of halogens is 1. The van der Waals surface area contributed by atoms with Gasteiger partial charge in [0.15, 0.2) is 0 Å². The number of para-hydroxylation sites is 1. The largest absolute Gasteiger partial charge is 0.481 e. The molecule has 1 aromatic rings. The van der Waals surface area contributed by atoms with Crippen molar-refractivity contribution in [3.05, 3.63) is 28.8 Å². The molecule has 0 bridgehead atoms. The lowest BCUT2D eigenvalue weighted by Crippen LogP contribution is -2.37. The van der Waals surface area contributed by atoms with Crippen molar-refractivity contribution in [3.63, 3.8) is 0 Å². The van der Waals surface area contributed by atoms with E-state index in [0.717, 1.165) is 18.5 Å². The van der Waals surface area contributed by atoms with E-state index in [1.54, 1.807) is 0 Å². The van der Waals surface area contributed by atoms with Gasteiger partial charge in [0.25, 0.3) is 0 Å². The number of aliphatic carboxylic acids is 1. The van der Waals surface area contributed by atoms with E-state index in [9.17, 15) is 4.79 Å². The molecule has 2 rings (SSSR count). The molecule has 0 saturated heterocycles. The van der Waals surface area contributed by atoms with E-state index >= 15 is 0 Å². The van der Waals surface area contributed by atoms with E-state index in [2.05, 4.69) is 6.07 Å². The summed E-state index contributed by atoms with van der Waals surface area (Å²) in [5.74, 6) is -0.757. The highest BCUT2D eigenvalue weighted by Crippen LogP contribution is 2.36. The molecule has 1 unspecified atom stereocenters. The van der Waals surface area contributed by atoms with E-state index in [1.165, 1.54) is 5.56 Å². The van der Waals surface area contributed by atoms with Gasteiger partial charge >= 0.3 is 5.97 Å². The molecule has 4 heteroatoms. The van der Waals surface area contributed by atoms with Crippen molar-refractivity contribution in [2.45, 2.75) is 25.3 Å².